The number of pyridine rings is 1. The van der Waals surface area contributed by atoms with Crippen LogP contribution in [0.4, 0.5) is 11.5 Å². The van der Waals surface area contributed by atoms with Gasteiger partial charge < -0.3 is 15.0 Å². The van der Waals surface area contributed by atoms with E-state index in [-0.39, 0.29) is 0 Å². The Morgan fingerprint density at radius 3 is 2.67 bits per heavy atom. The summed E-state index contributed by atoms with van der Waals surface area (Å²) in [7, 11) is 5.40. The number of likely N-dealkylation sites (N-methyl/N-ethyl adjacent to an activating group) is 1. The summed E-state index contributed by atoms with van der Waals surface area (Å²) in [6.45, 7) is 1.54. The molecule has 3 aromatic rings. The van der Waals surface area contributed by atoms with Crippen LogP contribution in [-0.2, 0) is 11.3 Å². The highest BCUT2D eigenvalue weighted by Gasteiger charge is 2.17. The van der Waals surface area contributed by atoms with Crippen LogP contribution in [-0.4, -0.2) is 53.4 Å². The minimum absolute atomic E-state index is 0.416. The summed E-state index contributed by atoms with van der Waals surface area (Å²) >= 11 is 0. The van der Waals surface area contributed by atoms with Gasteiger partial charge in [-0.1, -0.05) is 30.3 Å². The first kappa shape index (κ1) is 18.6. The van der Waals surface area contributed by atoms with Crippen LogP contribution >= 0.6 is 0 Å². The molecule has 0 aliphatic rings. The van der Waals surface area contributed by atoms with Gasteiger partial charge in [-0.05, 0) is 25.7 Å². The van der Waals surface area contributed by atoms with Gasteiger partial charge in [-0.15, -0.1) is 0 Å². The minimum Gasteiger partial charge on any atom is -0.465 e. The quantitative estimate of drug-likeness (QED) is 0.649. The Bertz CT molecular complexity index is 906. The molecule has 0 saturated carbocycles. The summed E-state index contributed by atoms with van der Waals surface area (Å²) in [6.07, 6.45) is 5.02. The van der Waals surface area contributed by atoms with Crippen molar-refractivity contribution in [1.82, 2.24) is 19.7 Å². The molecular formula is C20H23N5O2. The fraction of sp³-hybridized carbons (Fsp3) is 0.250. The Kier molecular flexibility index (Phi) is 5.83. The number of hydrogen-bond donors (Lipinski definition) is 1. The maximum absolute atomic E-state index is 12.1. The molecule has 3 rings (SSSR count). The van der Waals surface area contributed by atoms with Crippen molar-refractivity contribution in [3.63, 3.8) is 0 Å². The van der Waals surface area contributed by atoms with Crippen LogP contribution in [0.25, 0.3) is 11.1 Å². The predicted molar refractivity (Wildman–Crippen MR) is 105 cm³/mol. The third-order valence-electron chi connectivity index (χ3n) is 4.16. The number of carbonyl (C=O) groups is 1. The first-order valence-electron chi connectivity index (χ1n) is 8.65. The highest BCUT2D eigenvalue weighted by molar-refractivity contribution is 5.96. The van der Waals surface area contributed by atoms with E-state index in [0.29, 0.717) is 17.8 Å². The monoisotopic (exact) mass is 365 g/mol. The molecule has 0 bridgehead atoms. The number of nitrogens with zero attached hydrogens (tertiary/aromatic N) is 4. The standard InChI is InChI=1S/C20H23N5O2/c1-24(2)11-12-25-19(17(13-22-25)15-7-5-4-6-8-15)23-18-14-21-10-9-16(18)20(26)27-3/h4-10,13-14,23H,11-12H2,1-3H3. The van der Waals surface area contributed by atoms with Crippen LogP contribution in [0, 0.1) is 0 Å². The van der Waals surface area contributed by atoms with Crippen LogP contribution < -0.4 is 5.32 Å². The fourth-order valence-electron chi connectivity index (χ4n) is 2.72. The average molecular weight is 365 g/mol. The number of hydrogen-bond acceptors (Lipinski definition) is 6. The van der Waals surface area contributed by atoms with Crippen molar-refractivity contribution in [2.45, 2.75) is 6.54 Å². The molecule has 0 spiro atoms. The van der Waals surface area contributed by atoms with Gasteiger partial charge in [-0.3, -0.25) is 4.98 Å². The van der Waals surface area contributed by atoms with Gasteiger partial charge in [-0.2, -0.15) is 5.10 Å². The lowest BCUT2D eigenvalue weighted by atomic mass is 10.1. The Balaban J connectivity index is 2.02. The summed E-state index contributed by atoms with van der Waals surface area (Å²) in [5.74, 6) is 0.390. The second-order valence-electron chi connectivity index (χ2n) is 6.34. The summed E-state index contributed by atoms with van der Waals surface area (Å²) in [5, 5.41) is 7.89. The molecular weight excluding hydrogens is 342 g/mol. The van der Waals surface area contributed by atoms with Gasteiger partial charge in [0.2, 0.25) is 0 Å². The molecule has 2 aromatic heterocycles. The molecule has 140 valence electrons. The molecule has 0 radical (unpaired) electrons. The van der Waals surface area contributed by atoms with E-state index in [1.807, 2.05) is 55.3 Å². The zero-order valence-electron chi connectivity index (χ0n) is 15.7. The predicted octanol–water partition coefficient (Wildman–Crippen LogP) is 3.04. The summed E-state index contributed by atoms with van der Waals surface area (Å²) in [4.78, 5) is 18.3. The third-order valence-corrected chi connectivity index (χ3v) is 4.16. The molecule has 0 amide bonds. The van der Waals surface area contributed by atoms with E-state index in [0.717, 1.165) is 23.5 Å². The third kappa shape index (κ3) is 4.32. The number of aromatic nitrogens is 3. The lowest BCUT2D eigenvalue weighted by Crippen LogP contribution is -2.20. The van der Waals surface area contributed by atoms with Crippen molar-refractivity contribution in [2.75, 3.05) is 33.1 Å². The molecule has 7 nitrogen and oxygen atoms in total. The van der Waals surface area contributed by atoms with Crippen molar-refractivity contribution >= 4 is 17.5 Å². The van der Waals surface area contributed by atoms with E-state index in [1.54, 1.807) is 18.5 Å². The Morgan fingerprint density at radius 2 is 1.96 bits per heavy atom. The fourth-order valence-corrected chi connectivity index (χ4v) is 2.72. The average Bonchev–Trinajstić information content (AvgIpc) is 3.09. The normalized spacial score (nSPS) is 10.8. The molecule has 7 heteroatoms. The first-order chi connectivity index (χ1) is 13.1. The number of benzene rings is 1. The molecule has 1 N–H and O–H groups in total. The zero-order chi connectivity index (χ0) is 19.2. The highest BCUT2D eigenvalue weighted by atomic mass is 16.5. The first-order valence-corrected chi connectivity index (χ1v) is 8.65. The molecule has 0 unspecified atom stereocenters. The molecule has 1 aromatic carbocycles. The molecule has 0 atom stereocenters. The van der Waals surface area contributed by atoms with E-state index in [1.165, 1.54) is 7.11 Å². The van der Waals surface area contributed by atoms with E-state index < -0.39 is 5.97 Å². The number of esters is 1. The number of ether oxygens (including phenoxy) is 1. The van der Waals surface area contributed by atoms with Gasteiger partial charge in [0, 0.05) is 18.3 Å². The number of nitrogens with one attached hydrogen (secondary N) is 1. The van der Waals surface area contributed by atoms with Crippen LogP contribution in [0.5, 0.6) is 0 Å². The van der Waals surface area contributed by atoms with Gasteiger partial charge in [0.25, 0.3) is 0 Å². The van der Waals surface area contributed by atoms with Gasteiger partial charge >= 0.3 is 5.97 Å². The van der Waals surface area contributed by atoms with E-state index in [2.05, 4.69) is 20.3 Å². The van der Waals surface area contributed by atoms with E-state index >= 15 is 0 Å². The van der Waals surface area contributed by atoms with Gasteiger partial charge in [0.05, 0.1) is 37.3 Å². The Hall–Kier alpha value is -3.19. The molecule has 0 saturated heterocycles. The van der Waals surface area contributed by atoms with Gasteiger partial charge in [0.1, 0.15) is 5.82 Å². The SMILES string of the molecule is COC(=O)c1ccncc1Nc1c(-c2ccccc2)cnn1CCN(C)C. The van der Waals surface area contributed by atoms with Gasteiger partial charge in [-0.25, -0.2) is 9.48 Å². The summed E-state index contributed by atoms with van der Waals surface area (Å²) < 4.78 is 6.78. The van der Waals surface area contributed by atoms with Crippen molar-refractivity contribution in [3.05, 3.63) is 60.6 Å². The minimum atomic E-state index is -0.416. The van der Waals surface area contributed by atoms with Gasteiger partial charge in [0.15, 0.2) is 0 Å². The lowest BCUT2D eigenvalue weighted by Gasteiger charge is -2.16. The highest BCUT2D eigenvalue weighted by Crippen LogP contribution is 2.31. The Labute approximate surface area is 158 Å². The Morgan fingerprint density at radius 1 is 1.19 bits per heavy atom. The molecule has 0 fully saturated rings. The van der Waals surface area contributed by atoms with Crippen molar-refractivity contribution in [1.29, 1.82) is 0 Å². The zero-order valence-corrected chi connectivity index (χ0v) is 15.7. The van der Waals surface area contributed by atoms with E-state index in [9.17, 15) is 4.79 Å². The number of methoxy groups -OCH3 is 1. The smallest absolute Gasteiger partial charge is 0.340 e. The number of rotatable bonds is 7. The van der Waals surface area contributed by atoms with Crippen LogP contribution in [0.2, 0.25) is 0 Å². The largest absolute Gasteiger partial charge is 0.465 e. The van der Waals surface area contributed by atoms with E-state index in [4.69, 9.17) is 4.74 Å². The molecule has 0 aliphatic heterocycles. The van der Waals surface area contributed by atoms with Crippen molar-refractivity contribution < 1.29 is 9.53 Å². The van der Waals surface area contributed by atoms with Crippen LogP contribution in [0.1, 0.15) is 10.4 Å². The maximum atomic E-state index is 12.1. The second kappa shape index (κ2) is 8.46. The van der Waals surface area contributed by atoms with Crippen molar-refractivity contribution in [3.8, 4) is 11.1 Å². The summed E-state index contributed by atoms with van der Waals surface area (Å²) in [5.41, 5.74) is 2.99. The van der Waals surface area contributed by atoms with Crippen molar-refractivity contribution in [2.24, 2.45) is 0 Å². The number of carbonyl (C=O) groups excluding carboxylic acids is 1. The molecule has 27 heavy (non-hydrogen) atoms. The maximum Gasteiger partial charge on any atom is 0.340 e. The molecule has 2 heterocycles. The number of anilines is 2. The second-order valence-corrected chi connectivity index (χ2v) is 6.34. The summed E-state index contributed by atoms with van der Waals surface area (Å²) in [6, 6.07) is 11.6. The van der Waals surface area contributed by atoms with Crippen LogP contribution in [0.3, 0.4) is 0 Å². The topological polar surface area (TPSA) is 72.3 Å². The molecule has 0 aliphatic carbocycles. The lowest BCUT2D eigenvalue weighted by molar-refractivity contribution is 0.0602. The van der Waals surface area contributed by atoms with Crippen LogP contribution in [0.15, 0.2) is 55.0 Å².